The minimum atomic E-state index is -1.49. The molecule has 4 amide bonds. The van der Waals surface area contributed by atoms with Gasteiger partial charge in [-0.25, -0.2) is 0 Å². The van der Waals surface area contributed by atoms with Gasteiger partial charge in [-0.1, -0.05) is 49.2 Å². The maximum absolute atomic E-state index is 13.3. The third kappa shape index (κ3) is 3.32. The van der Waals surface area contributed by atoms with Crippen molar-refractivity contribution >= 4 is 46.8 Å². The highest BCUT2D eigenvalue weighted by Crippen LogP contribution is 2.40. The number of benzene rings is 2. The number of imide groups is 2. The number of hydrogen-bond acceptors (Lipinski definition) is 4. The van der Waals surface area contributed by atoms with Gasteiger partial charge in [0.1, 0.15) is 5.41 Å². The minimum Gasteiger partial charge on any atom is -0.271 e. The van der Waals surface area contributed by atoms with Gasteiger partial charge >= 0.3 is 0 Å². The van der Waals surface area contributed by atoms with E-state index in [1.54, 1.807) is 26.0 Å². The second-order valence-corrected chi connectivity index (χ2v) is 7.46. The van der Waals surface area contributed by atoms with E-state index in [4.69, 9.17) is 23.2 Å². The summed E-state index contributed by atoms with van der Waals surface area (Å²) >= 11 is 12.0. The molecule has 2 aromatic carbocycles. The number of halogens is 2. The molecular weight excluding hydrogens is 415 g/mol. The maximum atomic E-state index is 13.3. The quantitative estimate of drug-likeness (QED) is 0.530. The molecule has 0 bridgehead atoms. The first-order valence-corrected chi connectivity index (χ1v) is 9.81. The van der Waals surface area contributed by atoms with Crippen LogP contribution in [0.4, 0.5) is 0 Å². The molecule has 1 saturated heterocycles. The topological polar surface area (TPSA) is 74.8 Å². The van der Waals surface area contributed by atoms with Crippen molar-refractivity contribution in [1.29, 1.82) is 0 Å². The van der Waals surface area contributed by atoms with Crippen LogP contribution >= 0.6 is 23.2 Å². The Labute approximate surface area is 178 Å². The van der Waals surface area contributed by atoms with Gasteiger partial charge in [0.05, 0.1) is 10.6 Å². The summed E-state index contributed by atoms with van der Waals surface area (Å²) in [5.74, 6) is -3.09. The van der Waals surface area contributed by atoms with Gasteiger partial charge in [0, 0.05) is 10.6 Å². The van der Waals surface area contributed by atoms with Crippen molar-refractivity contribution in [3.8, 4) is 0 Å². The van der Waals surface area contributed by atoms with Crippen LogP contribution in [0.5, 0.6) is 0 Å². The van der Waals surface area contributed by atoms with Gasteiger partial charge in [0.25, 0.3) is 23.6 Å². The van der Waals surface area contributed by atoms with Gasteiger partial charge in [0.15, 0.2) is 0 Å². The summed E-state index contributed by atoms with van der Waals surface area (Å²) in [6, 6.07) is 12.0. The third-order valence-corrected chi connectivity index (χ3v) is 5.77. The fourth-order valence-electron chi connectivity index (χ4n) is 3.36. The molecule has 0 unspecified atom stereocenters. The molecule has 8 heteroatoms. The number of hydrazine groups is 1. The third-order valence-electron chi connectivity index (χ3n) is 5.19. The normalized spacial score (nSPS) is 15.7. The molecule has 2 aromatic rings. The van der Waals surface area contributed by atoms with Crippen LogP contribution in [0.25, 0.3) is 0 Å². The van der Waals surface area contributed by atoms with Crippen molar-refractivity contribution < 1.29 is 19.2 Å². The summed E-state index contributed by atoms with van der Waals surface area (Å²) in [7, 11) is 0. The van der Waals surface area contributed by atoms with Gasteiger partial charge < -0.3 is 0 Å². The molecule has 0 aliphatic carbocycles. The van der Waals surface area contributed by atoms with Crippen LogP contribution < -0.4 is 0 Å². The second kappa shape index (κ2) is 7.97. The molecule has 0 N–H and O–H groups in total. The molecule has 0 aromatic heterocycles. The van der Waals surface area contributed by atoms with Crippen molar-refractivity contribution in [2.24, 2.45) is 5.41 Å². The van der Waals surface area contributed by atoms with Crippen LogP contribution in [0.2, 0.25) is 10.0 Å². The van der Waals surface area contributed by atoms with E-state index in [1.807, 2.05) is 0 Å². The first kappa shape index (κ1) is 21.0. The van der Waals surface area contributed by atoms with E-state index in [-0.39, 0.29) is 29.0 Å². The Hall–Kier alpha value is -2.70. The lowest BCUT2D eigenvalue weighted by atomic mass is 9.81. The van der Waals surface area contributed by atoms with E-state index in [0.29, 0.717) is 15.0 Å². The van der Waals surface area contributed by atoms with Gasteiger partial charge in [0.2, 0.25) is 0 Å². The van der Waals surface area contributed by atoms with Crippen LogP contribution in [-0.4, -0.2) is 33.6 Å². The lowest BCUT2D eigenvalue weighted by Crippen LogP contribution is -2.48. The number of nitrogens with zero attached hydrogens (tertiary/aromatic N) is 2. The predicted octanol–water partition coefficient (Wildman–Crippen LogP) is 4.37. The highest BCUT2D eigenvalue weighted by Gasteiger charge is 2.60. The maximum Gasteiger partial charge on any atom is 0.281 e. The smallest absolute Gasteiger partial charge is 0.271 e. The molecule has 0 radical (unpaired) electrons. The fraction of sp³-hybridized carbons (Fsp3) is 0.238. The summed E-state index contributed by atoms with van der Waals surface area (Å²) in [6.07, 6.45) is 0.301. The van der Waals surface area contributed by atoms with Crippen molar-refractivity contribution in [3.05, 3.63) is 69.7 Å². The van der Waals surface area contributed by atoms with Crippen molar-refractivity contribution in [1.82, 2.24) is 10.0 Å². The average molecular weight is 433 g/mol. The van der Waals surface area contributed by atoms with Crippen LogP contribution in [0.3, 0.4) is 0 Å². The lowest BCUT2D eigenvalue weighted by molar-refractivity contribution is -0.138. The molecule has 1 aliphatic rings. The number of hydrogen-bond donors (Lipinski definition) is 0. The minimum absolute atomic E-state index is 0.0206. The van der Waals surface area contributed by atoms with Crippen molar-refractivity contribution in [2.75, 3.05) is 0 Å². The summed E-state index contributed by atoms with van der Waals surface area (Å²) in [5.41, 5.74) is -1.35. The van der Waals surface area contributed by atoms with Gasteiger partial charge in [-0.3, -0.25) is 19.2 Å². The molecule has 1 aliphatic heterocycles. The molecule has 1 heterocycles. The van der Waals surface area contributed by atoms with Crippen LogP contribution in [0, 0.1) is 5.41 Å². The molecule has 0 saturated carbocycles. The number of carbonyl (C=O) groups is 4. The molecule has 29 heavy (non-hydrogen) atoms. The van der Waals surface area contributed by atoms with Gasteiger partial charge in [-0.2, -0.15) is 10.0 Å². The van der Waals surface area contributed by atoms with E-state index in [0.717, 1.165) is 0 Å². The standard InChI is InChI=1S/C21H18Cl2N2O4/c1-3-21(4-2)19(28)24(17(26)13-9-11-14(22)12-10-13)25(20(21)29)18(27)15-7-5-6-8-16(15)23/h5-12H,3-4H2,1-2H3. The highest BCUT2D eigenvalue weighted by molar-refractivity contribution is 6.35. The first-order chi connectivity index (χ1) is 13.8. The number of rotatable bonds is 4. The molecule has 1 fully saturated rings. The molecule has 3 rings (SSSR count). The van der Waals surface area contributed by atoms with E-state index < -0.39 is 29.0 Å². The van der Waals surface area contributed by atoms with E-state index in [1.165, 1.54) is 36.4 Å². The average Bonchev–Trinajstić information content (AvgIpc) is 2.94. The zero-order chi connectivity index (χ0) is 21.3. The summed E-state index contributed by atoms with van der Waals surface area (Å²) < 4.78 is 0. The zero-order valence-corrected chi connectivity index (χ0v) is 17.3. The largest absolute Gasteiger partial charge is 0.281 e. The first-order valence-electron chi connectivity index (χ1n) is 9.06. The molecule has 0 atom stereocenters. The lowest BCUT2D eigenvalue weighted by Gasteiger charge is -2.24. The second-order valence-electron chi connectivity index (χ2n) is 6.62. The van der Waals surface area contributed by atoms with Crippen molar-refractivity contribution in [3.63, 3.8) is 0 Å². The molecular formula is C21H18Cl2N2O4. The highest BCUT2D eigenvalue weighted by atomic mass is 35.5. The van der Waals surface area contributed by atoms with E-state index in [9.17, 15) is 19.2 Å². The molecule has 150 valence electrons. The Bertz CT molecular complexity index is 1000. The van der Waals surface area contributed by atoms with Crippen LogP contribution in [0.1, 0.15) is 47.4 Å². The summed E-state index contributed by atoms with van der Waals surface area (Å²) in [4.78, 5) is 52.8. The van der Waals surface area contributed by atoms with E-state index in [2.05, 4.69) is 0 Å². The Morgan fingerprint density at radius 2 is 1.34 bits per heavy atom. The van der Waals surface area contributed by atoms with Gasteiger partial charge in [-0.15, -0.1) is 0 Å². The summed E-state index contributed by atoms with van der Waals surface area (Å²) in [5, 5.41) is 1.77. The Morgan fingerprint density at radius 3 is 1.86 bits per heavy atom. The predicted molar refractivity (Wildman–Crippen MR) is 108 cm³/mol. The van der Waals surface area contributed by atoms with Crippen LogP contribution in [0.15, 0.2) is 48.5 Å². The van der Waals surface area contributed by atoms with E-state index >= 15 is 0 Å². The number of carbonyl (C=O) groups excluding carboxylic acids is 4. The van der Waals surface area contributed by atoms with Gasteiger partial charge in [-0.05, 0) is 49.2 Å². The fourth-order valence-corrected chi connectivity index (χ4v) is 3.71. The summed E-state index contributed by atoms with van der Waals surface area (Å²) in [6.45, 7) is 3.35. The SMILES string of the molecule is CCC1(CC)C(=O)N(C(=O)c2ccc(Cl)cc2)N(C(=O)c2ccccc2Cl)C1=O. The molecule has 6 nitrogen and oxygen atoms in total. The Balaban J connectivity index is 2.14. The monoisotopic (exact) mass is 432 g/mol. The Morgan fingerprint density at radius 1 is 0.828 bits per heavy atom. The zero-order valence-electron chi connectivity index (χ0n) is 15.8. The van der Waals surface area contributed by atoms with Crippen LogP contribution in [-0.2, 0) is 9.59 Å². The Kier molecular flexibility index (Phi) is 5.78. The van der Waals surface area contributed by atoms with Crippen molar-refractivity contribution in [2.45, 2.75) is 26.7 Å². The molecule has 0 spiro atoms. The number of amides is 4.